The normalized spacial score (nSPS) is 16.9. The molecular weight excluding hydrogens is 492 g/mol. The number of benzene rings is 3. The van der Waals surface area contributed by atoms with Gasteiger partial charge in [0, 0.05) is 5.56 Å². The number of Topliss-reactive ketones (excluding diaryl/α,β-unsaturated/α-hetero) is 1. The number of aryl methyl sites for hydroxylation is 1. The third-order valence-corrected chi connectivity index (χ3v) is 7.35. The van der Waals surface area contributed by atoms with Crippen molar-refractivity contribution in [2.75, 3.05) is 26.2 Å². The molecule has 5 rings (SSSR count). The van der Waals surface area contributed by atoms with Crippen molar-refractivity contribution >= 4 is 44.1 Å². The van der Waals surface area contributed by atoms with Crippen molar-refractivity contribution < 1.29 is 28.9 Å². The third kappa shape index (κ3) is 4.17. The lowest BCUT2D eigenvalue weighted by molar-refractivity contribution is -0.132. The first-order valence-electron chi connectivity index (χ1n) is 11.4. The van der Waals surface area contributed by atoms with Gasteiger partial charge in [0.15, 0.2) is 5.13 Å². The van der Waals surface area contributed by atoms with Crippen molar-refractivity contribution in [1.82, 2.24) is 4.98 Å². The van der Waals surface area contributed by atoms with E-state index in [9.17, 15) is 14.7 Å². The SMILES string of the molecule is COc1ccc(C2C(=C(O)c3ccc(OC)c(C)c3)C(=O)C(=O)N2c2nc3ccc(OC)cc3s2)cc1. The van der Waals surface area contributed by atoms with E-state index in [4.69, 9.17) is 14.2 Å². The number of rotatable bonds is 6. The quantitative estimate of drug-likeness (QED) is 0.212. The standard InChI is InChI=1S/C28H24N2O6S/c1-15-13-17(7-12-21(15)36-4)25(31)23-24(16-5-8-18(34-2)9-6-16)30(27(33)26(23)32)28-29-20-11-10-19(35-3)14-22(20)37-28/h5-14,24,31H,1-4H3. The number of ether oxygens (including phenoxy) is 3. The van der Waals surface area contributed by atoms with Crippen LogP contribution in [0.4, 0.5) is 5.13 Å². The number of thiazole rings is 1. The molecule has 1 aliphatic heterocycles. The number of methoxy groups -OCH3 is 3. The minimum atomic E-state index is -0.893. The first-order chi connectivity index (χ1) is 17.9. The number of aliphatic hydroxyl groups excluding tert-OH is 1. The summed E-state index contributed by atoms with van der Waals surface area (Å²) in [5, 5.41) is 11.7. The van der Waals surface area contributed by atoms with Crippen LogP contribution in [0.15, 0.2) is 66.2 Å². The van der Waals surface area contributed by atoms with Crippen LogP contribution < -0.4 is 19.1 Å². The van der Waals surface area contributed by atoms with Gasteiger partial charge in [0.25, 0.3) is 5.78 Å². The Balaban J connectivity index is 1.70. The first kappa shape index (κ1) is 24.3. The molecule has 4 aromatic rings. The highest BCUT2D eigenvalue weighted by Gasteiger charge is 2.48. The molecule has 0 bridgehead atoms. The number of aliphatic hydroxyl groups is 1. The summed E-state index contributed by atoms with van der Waals surface area (Å²) in [7, 11) is 4.69. The second kappa shape index (κ2) is 9.59. The molecule has 1 fully saturated rings. The fraction of sp³-hybridized carbons (Fsp3) is 0.179. The van der Waals surface area contributed by atoms with Crippen LogP contribution >= 0.6 is 11.3 Å². The van der Waals surface area contributed by atoms with Crippen LogP contribution in [0.2, 0.25) is 0 Å². The van der Waals surface area contributed by atoms with Crippen molar-refractivity contribution in [2.45, 2.75) is 13.0 Å². The van der Waals surface area contributed by atoms with Crippen molar-refractivity contribution in [3.05, 3.63) is 82.9 Å². The van der Waals surface area contributed by atoms with E-state index >= 15 is 0 Å². The molecule has 1 aromatic heterocycles. The molecule has 188 valence electrons. The van der Waals surface area contributed by atoms with Crippen molar-refractivity contribution in [3.8, 4) is 17.2 Å². The first-order valence-corrected chi connectivity index (χ1v) is 12.2. The number of anilines is 1. The average Bonchev–Trinajstić information content (AvgIpc) is 3.45. The van der Waals surface area contributed by atoms with E-state index in [0.717, 1.165) is 10.3 Å². The minimum absolute atomic E-state index is 0.0171. The van der Waals surface area contributed by atoms with Gasteiger partial charge >= 0.3 is 5.91 Å². The van der Waals surface area contributed by atoms with E-state index in [-0.39, 0.29) is 11.3 Å². The summed E-state index contributed by atoms with van der Waals surface area (Å²) in [6.07, 6.45) is 0. The van der Waals surface area contributed by atoms with Crippen molar-refractivity contribution in [2.24, 2.45) is 0 Å². The lowest BCUT2D eigenvalue weighted by Crippen LogP contribution is -2.29. The highest BCUT2D eigenvalue weighted by molar-refractivity contribution is 7.22. The predicted molar refractivity (Wildman–Crippen MR) is 142 cm³/mol. The maximum absolute atomic E-state index is 13.5. The lowest BCUT2D eigenvalue weighted by atomic mass is 9.95. The molecule has 37 heavy (non-hydrogen) atoms. The maximum Gasteiger partial charge on any atom is 0.301 e. The van der Waals surface area contributed by atoms with Crippen LogP contribution in [0.25, 0.3) is 16.0 Å². The largest absolute Gasteiger partial charge is 0.507 e. The minimum Gasteiger partial charge on any atom is -0.507 e. The molecule has 0 spiro atoms. The maximum atomic E-state index is 13.5. The summed E-state index contributed by atoms with van der Waals surface area (Å²) in [4.78, 5) is 32.9. The van der Waals surface area contributed by atoms with E-state index in [1.54, 1.807) is 75.9 Å². The van der Waals surface area contributed by atoms with Crippen LogP contribution in [-0.4, -0.2) is 43.1 Å². The molecule has 1 saturated heterocycles. The number of nitrogens with zero attached hydrogens (tertiary/aromatic N) is 2. The summed E-state index contributed by atoms with van der Waals surface area (Å²) in [5.41, 5.74) is 2.47. The fourth-order valence-corrected chi connectivity index (χ4v) is 5.46. The second-order valence-electron chi connectivity index (χ2n) is 8.46. The Morgan fingerprint density at radius 3 is 2.27 bits per heavy atom. The number of carbonyl (C=O) groups is 2. The fourth-order valence-electron chi connectivity index (χ4n) is 4.44. The molecular formula is C28H24N2O6S. The van der Waals surface area contributed by atoms with Crippen LogP contribution in [0.1, 0.15) is 22.7 Å². The molecule has 1 unspecified atom stereocenters. The Morgan fingerprint density at radius 2 is 1.62 bits per heavy atom. The number of amides is 1. The zero-order valence-electron chi connectivity index (χ0n) is 20.6. The topological polar surface area (TPSA) is 98.2 Å². The Hall–Kier alpha value is -4.37. The number of fused-ring (bicyclic) bond motifs is 1. The van der Waals surface area contributed by atoms with Gasteiger partial charge in [-0.15, -0.1) is 0 Å². The molecule has 1 atom stereocenters. The van der Waals surface area contributed by atoms with Gasteiger partial charge in [-0.25, -0.2) is 4.98 Å². The van der Waals surface area contributed by atoms with Gasteiger partial charge in [-0.2, -0.15) is 0 Å². The summed E-state index contributed by atoms with van der Waals surface area (Å²) < 4.78 is 16.7. The molecule has 2 heterocycles. The predicted octanol–water partition coefficient (Wildman–Crippen LogP) is 5.26. The summed E-state index contributed by atoms with van der Waals surface area (Å²) in [5.74, 6) is 0.107. The molecule has 1 aliphatic rings. The number of carbonyl (C=O) groups excluding carboxylic acids is 2. The molecule has 0 saturated carbocycles. The van der Waals surface area contributed by atoms with Gasteiger partial charge in [0.1, 0.15) is 23.0 Å². The van der Waals surface area contributed by atoms with E-state index in [0.29, 0.717) is 39.0 Å². The van der Waals surface area contributed by atoms with Gasteiger partial charge in [0.05, 0.1) is 43.2 Å². The third-order valence-electron chi connectivity index (χ3n) is 6.33. The van der Waals surface area contributed by atoms with Gasteiger partial charge in [-0.1, -0.05) is 23.5 Å². The number of hydrogen-bond donors (Lipinski definition) is 1. The summed E-state index contributed by atoms with van der Waals surface area (Å²) in [6.45, 7) is 1.84. The van der Waals surface area contributed by atoms with Gasteiger partial charge in [-0.05, 0) is 66.6 Å². The average molecular weight is 517 g/mol. The Labute approximate surface area is 217 Å². The Morgan fingerprint density at radius 1 is 0.919 bits per heavy atom. The summed E-state index contributed by atoms with van der Waals surface area (Å²) >= 11 is 1.27. The van der Waals surface area contributed by atoms with E-state index in [2.05, 4.69) is 4.98 Å². The monoisotopic (exact) mass is 516 g/mol. The molecule has 0 radical (unpaired) electrons. The van der Waals surface area contributed by atoms with Crippen LogP contribution in [0, 0.1) is 6.92 Å². The molecule has 3 aromatic carbocycles. The van der Waals surface area contributed by atoms with Crippen molar-refractivity contribution in [3.63, 3.8) is 0 Å². The second-order valence-corrected chi connectivity index (χ2v) is 9.47. The smallest absolute Gasteiger partial charge is 0.301 e. The number of ketones is 1. The van der Waals surface area contributed by atoms with Crippen LogP contribution in [0.5, 0.6) is 17.2 Å². The highest BCUT2D eigenvalue weighted by atomic mass is 32.1. The van der Waals surface area contributed by atoms with E-state index in [1.165, 1.54) is 16.2 Å². The van der Waals surface area contributed by atoms with E-state index < -0.39 is 17.7 Å². The number of aromatic nitrogens is 1. The molecule has 1 N–H and O–H groups in total. The zero-order chi connectivity index (χ0) is 26.3. The Kier molecular flexibility index (Phi) is 6.31. The van der Waals surface area contributed by atoms with Crippen LogP contribution in [-0.2, 0) is 9.59 Å². The van der Waals surface area contributed by atoms with E-state index in [1.807, 2.05) is 13.0 Å². The molecule has 0 aliphatic carbocycles. The molecule has 8 nitrogen and oxygen atoms in total. The molecule has 1 amide bonds. The number of hydrogen-bond acceptors (Lipinski definition) is 8. The zero-order valence-corrected chi connectivity index (χ0v) is 21.5. The van der Waals surface area contributed by atoms with Gasteiger partial charge in [-0.3, -0.25) is 14.5 Å². The van der Waals surface area contributed by atoms with Gasteiger partial charge in [0.2, 0.25) is 0 Å². The molecule has 9 heteroatoms. The van der Waals surface area contributed by atoms with Crippen LogP contribution in [0.3, 0.4) is 0 Å². The van der Waals surface area contributed by atoms with Gasteiger partial charge < -0.3 is 19.3 Å². The Bertz CT molecular complexity index is 1560. The summed E-state index contributed by atoms with van der Waals surface area (Å²) in [6, 6.07) is 16.6. The lowest BCUT2D eigenvalue weighted by Gasteiger charge is -2.23. The highest BCUT2D eigenvalue weighted by Crippen LogP contribution is 2.45. The van der Waals surface area contributed by atoms with Crippen molar-refractivity contribution in [1.29, 1.82) is 0 Å².